The van der Waals surface area contributed by atoms with E-state index in [1.807, 2.05) is 5.32 Å². The average Bonchev–Trinajstić information content (AvgIpc) is 2.67. The number of halogens is 3. The van der Waals surface area contributed by atoms with Crippen LogP contribution < -0.4 is 10.6 Å². The van der Waals surface area contributed by atoms with Crippen LogP contribution in [0.25, 0.3) is 0 Å². The smallest absolute Gasteiger partial charge is 0.305 e. The van der Waals surface area contributed by atoms with E-state index < -0.39 is 37.2 Å². The molecule has 2 aromatic rings. The maximum Gasteiger partial charge on any atom is 0.323 e. The molecule has 0 aliphatic heterocycles. The first-order valence-corrected chi connectivity index (χ1v) is 10.9. The lowest BCUT2D eigenvalue weighted by atomic mass is 10.2. The van der Waals surface area contributed by atoms with E-state index in [1.165, 1.54) is 19.1 Å². The van der Waals surface area contributed by atoms with Gasteiger partial charge in [-0.15, -0.1) is 11.6 Å². The predicted octanol–water partition coefficient (Wildman–Crippen LogP) is 4.09. The molecule has 0 heterocycles. The minimum absolute atomic E-state index is 0.0471. The average molecular weight is 464 g/mol. The number of alkyl halides is 2. The zero-order valence-electron chi connectivity index (χ0n) is 14.7. The van der Waals surface area contributed by atoms with E-state index in [1.54, 1.807) is 42.5 Å². The standard InChI is InChI=1S/C18H17Cl3N2O4S/c1-12(13-7-3-2-4-8-13)28(26,27)18(21,11-19)23-17(25)22-16(24)14-9-5-6-10-15(14)20/h2-10,12H,11H2,1H3,(H2,22,23,24,25). The van der Waals surface area contributed by atoms with Crippen LogP contribution in [0, 0.1) is 0 Å². The van der Waals surface area contributed by atoms with Crippen molar-refractivity contribution in [3.05, 3.63) is 70.7 Å². The molecule has 28 heavy (non-hydrogen) atoms. The summed E-state index contributed by atoms with van der Waals surface area (Å²) < 4.78 is 23.6. The number of hydrogen-bond acceptors (Lipinski definition) is 4. The lowest BCUT2D eigenvalue weighted by molar-refractivity contribution is 0.0963. The summed E-state index contributed by atoms with van der Waals surface area (Å²) in [6.07, 6.45) is 0. The highest BCUT2D eigenvalue weighted by Gasteiger charge is 2.46. The first kappa shape index (κ1) is 22.5. The molecule has 0 aliphatic rings. The normalized spacial score (nSPS) is 14.6. The van der Waals surface area contributed by atoms with Gasteiger partial charge in [0, 0.05) is 0 Å². The highest BCUT2D eigenvalue weighted by Crippen LogP contribution is 2.34. The molecule has 0 spiro atoms. The molecule has 2 rings (SSSR count). The molecule has 0 radical (unpaired) electrons. The Morgan fingerprint density at radius 1 is 1.07 bits per heavy atom. The van der Waals surface area contributed by atoms with Gasteiger partial charge >= 0.3 is 6.03 Å². The van der Waals surface area contributed by atoms with Crippen LogP contribution >= 0.6 is 34.8 Å². The molecule has 0 fully saturated rings. The Morgan fingerprint density at radius 2 is 1.64 bits per heavy atom. The number of carbonyl (C=O) groups is 2. The van der Waals surface area contributed by atoms with Crippen LogP contribution in [0.5, 0.6) is 0 Å². The number of nitrogens with one attached hydrogen (secondary N) is 2. The van der Waals surface area contributed by atoms with Crippen molar-refractivity contribution >= 4 is 56.6 Å². The third-order valence-electron chi connectivity index (χ3n) is 4.00. The van der Waals surface area contributed by atoms with Gasteiger partial charge in [0.05, 0.1) is 21.7 Å². The molecule has 6 nitrogen and oxygen atoms in total. The van der Waals surface area contributed by atoms with Gasteiger partial charge in [-0.05, 0) is 24.6 Å². The second kappa shape index (κ2) is 9.13. The Kier molecular flexibility index (Phi) is 7.33. The number of rotatable bonds is 6. The van der Waals surface area contributed by atoms with Crippen molar-refractivity contribution in [2.75, 3.05) is 5.88 Å². The number of urea groups is 1. The van der Waals surface area contributed by atoms with Crippen molar-refractivity contribution in [1.29, 1.82) is 0 Å². The van der Waals surface area contributed by atoms with Crippen molar-refractivity contribution in [2.24, 2.45) is 0 Å². The minimum Gasteiger partial charge on any atom is -0.305 e. The second-order valence-electron chi connectivity index (χ2n) is 5.85. The highest BCUT2D eigenvalue weighted by molar-refractivity contribution is 7.94. The molecule has 3 amide bonds. The number of amides is 3. The van der Waals surface area contributed by atoms with Crippen molar-refractivity contribution in [2.45, 2.75) is 16.5 Å². The van der Waals surface area contributed by atoms with Crippen LogP contribution in [0.4, 0.5) is 4.79 Å². The third kappa shape index (κ3) is 4.78. The van der Waals surface area contributed by atoms with Crippen LogP contribution in [-0.4, -0.2) is 30.6 Å². The van der Waals surface area contributed by atoms with E-state index >= 15 is 0 Å². The van der Waals surface area contributed by atoms with E-state index in [0.29, 0.717) is 5.56 Å². The molecular weight excluding hydrogens is 447 g/mol. The van der Waals surface area contributed by atoms with E-state index in [2.05, 4.69) is 5.32 Å². The van der Waals surface area contributed by atoms with Gasteiger partial charge in [0.25, 0.3) is 5.91 Å². The molecule has 2 N–H and O–H groups in total. The maximum atomic E-state index is 13.0. The van der Waals surface area contributed by atoms with Crippen molar-refractivity contribution < 1.29 is 18.0 Å². The van der Waals surface area contributed by atoms with Gasteiger partial charge in [-0.1, -0.05) is 65.7 Å². The summed E-state index contributed by atoms with van der Waals surface area (Å²) in [7, 11) is -4.18. The molecule has 0 bridgehead atoms. The Balaban J connectivity index is 2.20. The molecule has 2 aromatic carbocycles. The van der Waals surface area contributed by atoms with Gasteiger partial charge < -0.3 is 5.32 Å². The topological polar surface area (TPSA) is 92.3 Å². The Morgan fingerprint density at radius 3 is 2.21 bits per heavy atom. The van der Waals surface area contributed by atoms with Gasteiger partial charge in [0.2, 0.25) is 4.33 Å². The number of imide groups is 1. The van der Waals surface area contributed by atoms with Crippen molar-refractivity contribution in [3.63, 3.8) is 0 Å². The molecule has 0 aliphatic carbocycles. The Bertz CT molecular complexity index is 970. The quantitative estimate of drug-likeness (QED) is 0.498. The first-order chi connectivity index (χ1) is 13.1. The number of carbonyl (C=O) groups excluding carboxylic acids is 2. The molecule has 0 saturated heterocycles. The van der Waals surface area contributed by atoms with Crippen molar-refractivity contribution in [3.8, 4) is 0 Å². The maximum absolute atomic E-state index is 13.0. The molecule has 150 valence electrons. The Labute approximate surface area is 178 Å². The zero-order chi connectivity index (χ0) is 20.9. The third-order valence-corrected chi connectivity index (χ3v) is 8.25. The van der Waals surface area contributed by atoms with Crippen molar-refractivity contribution in [1.82, 2.24) is 10.6 Å². The molecule has 10 heteroatoms. The molecule has 0 aromatic heterocycles. The molecule has 0 saturated carbocycles. The summed E-state index contributed by atoms with van der Waals surface area (Å²) in [5.41, 5.74) is 0.526. The van der Waals surface area contributed by atoms with Crippen LogP contribution in [0.3, 0.4) is 0 Å². The summed E-state index contributed by atoms with van der Waals surface area (Å²) in [6, 6.07) is 13.3. The van der Waals surface area contributed by atoms with Crippen LogP contribution in [0.2, 0.25) is 5.02 Å². The first-order valence-electron chi connectivity index (χ1n) is 8.03. The van der Waals surface area contributed by atoms with E-state index in [0.717, 1.165) is 0 Å². The van der Waals surface area contributed by atoms with Crippen LogP contribution in [0.1, 0.15) is 28.1 Å². The van der Waals surface area contributed by atoms with Gasteiger partial charge in [-0.2, -0.15) is 0 Å². The van der Waals surface area contributed by atoms with E-state index in [9.17, 15) is 18.0 Å². The summed E-state index contributed by atoms with van der Waals surface area (Å²) in [4.78, 5) is 24.4. The van der Waals surface area contributed by atoms with E-state index in [-0.39, 0.29) is 10.6 Å². The van der Waals surface area contributed by atoms with Gasteiger partial charge in [-0.3, -0.25) is 10.1 Å². The fourth-order valence-corrected chi connectivity index (χ4v) is 5.07. The number of benzene rings is 2. The molecular formula is C18H17Cl3N2O4S. The summed E-state index contributed by atoms with van der Waals surface area (Å²) >= 11 is 17.9. The fourth-order valence-electron chi connectivity index (χ4n) is 2.38. The SMILES string of the molecule is CC(c1ccccc1)S(=O)(=O)C(Cl)(CCl)NC(=O)NC(=O)c1ccccc1Cl. The lowest BCUT2D eigenvalue weighted by Crippen LogP contribution is -2.56. The lowest BCUT2D eigenvalue weighted by Gasteiger charge is -2.29. The minimum atomic E-state index is -4.18. The van der Waals surface area contributed by atoms with Crippen LogP contribution in [0.15, 0.2) is 54.6 Å². The zero-order valence-corrected chi connectivity index (χ0v) is 17.7. The summed E-state index contributed by atoms with van der Waals surface area (Å²) in [5, 5.41) is 3.16. The predicted molar refractivity (Wildman–Crippen MR) is 111 cm³/mol. The summed E-state index contributed by atoms with van der Waals surface area (Å²) in [6.45, 7) is 1.43. The number of hydrogen-bond donors (Lipinski definition) is 2. The van der Waals surface area contributed by atoms with Gasteiger partial charge in [-0.25, -0.2) is 13.2 Å². The number of sulfone groups is 1. The monoisotopic (exact) mass is 462 g/mol. The second-order valence-corrected chi connectivity index (χ2v) is 9.89. The van der Waals surface area contributed by atoms with Gasteiger partial charge in [0.15, 0.2) is 9.84 Å². The largest absolute Gasteiger partial charge is 0.323 e. The Hall–Kier alpha value is -1.80. The highest BCUT2D eigenvalue weighted by atomic mass is 35.5. The summed E-state index contributed by atoms with van der Waals surface area (Å²) in [5.74, 6) is -1.45. The van der Waals surface area contributed by atoms with Gasteiger partial charge in [0.1, 0.15) is 0 Å². The van der Waals surface area contributed by atoms with E-state index in [4.69, 9.17) is 34.8 Å². The van der Waals surface area contributed by atoms with Crippen LogP contribution in [-0.2, 0) is 9.84 Å². The molecule has 2 atom stereocenters. The molecule has 2 unspecified atom stereocenters. The fraction of sp³-hybridized carbons (Fsp3) is 0.222.